The highest BCUT2D eigenvalue weighted by Gasteiger charge is 2.56. The Morgan fingerprint density at radius 2 is 0.408 bits per heavy atom. The lowest BCUT2D eigenvalue weighted by Gasteiger charge is -2.53. The molecule has 0 aromatic heterocycles. The van der Waals surface area contributed by atoms with E-state index in [4.69, 9.17) is 0 Å². The quantitative estimate of drug-likeness (QED) is 0.280. The summed E-state index contributed by atoms with van der Waals surface area (Å²) in [6, 6.07) is 0. The molecular formula is C49H80. The van der Waals surface area contributed by atoms with Crippen LogP contribution in [0.1, 0.15) is 199 Å². The summed E-state index contributed by atoms with van der Waals surface area (Å²) in [4.78, 5) is 0. The van der Waals surface area contributed by atoms with E-state index in [2.05, 4.69) is 0 Å². The van der Waals surface area contributed by atoms with E-state index >= 15 is 0 Å². The molecule has 10 saturated carbocycles. The van der Waals surface area contributed by atoms with E-state index in [0.717, 1.165) is 107 Å². The van der Waals surface area contributed by atoms with Crippen molar-refractivity contribution in [2.75, 3.05) is 0 Å². The molecule has 17 atom stereocenters. The first-order chi connectivity index (χ1) is 24.2. The summed E-state index contributed by atoms with van der Waals surface area (Å²) in [5, 5.41) is 0. The van der Waals surface area contributed by atoms with Crippen molar-refractivity contribution in [3.8, 4) is 0 Å². The molecule has 0 saturated heterocycles. The van der Waals surface area contributed by atoms with Gasteiger partial charge in [0.05, 0.1) is 0 Å². The average molecular weight is 669 g/mol. The summed E-state index contributed by atoms with van der Waals surface area (Å²) < 4.78 is 0. The van der Waals surface area contributed by atoms with Gasteiger partial charge in [-0.2, -0.15) is 0 Å². The molecule has 0 amide bonds. The van der Waals surface area contributed by atoms with Crippen molar-refractivity contribution in [2.24, 2.45) is 107 Å². The van der Waals surface area contributed by atoms with Crippen LogP contribution in [0.2, 0.25) is 0 Å². The van der Waals surface area contributed by atoms with E-state index in [-0.39, 0.29) is 0 Å². The summed E-state index contributed by atoms with van der Waals surface area (Å²) in [6.07, 6.45) is 50.2. The molecule has 49 heavy (non-hydrogen) atoms. The molecular weight excluding hydrogens is 589 g/mol. The summed E-state index contributed by atoms with van der Waals surface area (Å²) in [7, 11) is 0. The molecule has 0 N–H and O–H groups in total. The van der Waals surface area contributed by atoms with Gasteiger partial charge in [0.15, 0.2) is 0 Å². The molecule has 10 aliphatic rings. The Bertz CT molecular complexity index is 1080. The predicted octanol–water partition coefficient (Wildman–Crippen LogP) is 14.3. The molecule has 0 spiro atoms. The third-order valence-corrected chi connectivity index (χ3v) is 20.5. The normalized spacial score (nSPS) is 53.8. The van der Waals surface area contributed by atoms with Gasteiger partial charge in [-0.15, -0.1) is 0 Å². The molecule has 17 unspecified atom stereocenters. The van der Waals surface area contributed by atoms with Crippen LogP contribution in [0.25, 0.3) is 0 Å². The highest BCUT2D eigenvalue weighted by atomic mass is 14.6. The van der Waals surface area contributed by atoms with Gasteiger partial charge in [0.2, 0.25) is 0 Å². The van der Waals surface area contributed by atoms with Crippen LogP contribution in [0, 0.1) is 107 Å². The molecule has 10 fully saturated rings. The van der Waals surface area contributed by atoms with E-state index in [0.29, 0.717) is 0 Å². The van der Waals surface area contributed by atoms with Crippen molar-refractivity contribution >= 4 is 0 Å². The first-order valence-electron chi connectivity index (χ1n) is 24.2. The van der Waals surface area contributed by atoms with Gasteiger partial charge in [0.1, 0.15) is 0 Å². The van der Waals surface area contributed by atoms with Gasteiger partial charge in [-0.25, -0.2) is 0 Å². The maximum atomic E-state index is 1.71. The summed E-state index contributed by atoms with van der Waals surface area (Å²) in [6.45, 7) is 0. The topological polar surface area (TPSA) is 0 Å². The maximum Gasteiger partial charge on any atom is -0.0349 e. The molecule has 0 bridgehead atoms. The van der Waals surface area contributed by atoms with Crippen LogP contribution in [-0.2, 0) is 0 Å². The van der Waals surface area contributed by atoms with Crippen LogP contribution in [0.3, 0.4) is 0 Å². The summed E-state index contributed by atoms with van der Waals surface area (Å²) in [5.41, 5.74) is 0. The second-order valence-electron chi connectivity index (χ2n) is 22.3. The SMILES string of the molecule is C1CCC(C2CC(C3CCC4CCCCC4C3)CC(C3CC(C4CCC5CCCCC5C4)C4CC5CC6CCCCC6CC5C4C3)C2)CC1. The fraction of sp³-hybridized carbons (Fsp3) is 1.00. The van der Waals surface area contributed by atoms with Crippen molar-refractivity contribution in [2.45, 2.75) is 199 Å². The van der Waals surface area contributed by atoms with E-state index in [9.17, 15) is 0 Å². The smallest absolute Gasteiger partial charge is 0.0349 e. The first-order valence-corrected chi connectivity index (χ1v) is 24.2. The third kappa shape index (κ3) is 6.71. The maximum absolute atomic E-state index is 1.71. The number of hydrogen-bond donors (Lipinski definition) is 0. The lowest BCUT2D eigenvalue weighted by molar-refractivity contribution is -0.0290. The van der Waals surface area contributed by atoms with E-state index < -0.39 is 0 Å². The second-order valence-corrected chi connectivity index (χ2v) is 22.3. The van der Waals surface area contributed by atoms with Crippen LogP contribution in [0.4, 0.5) is 0 Å². The Kier molecular flexibility index (Phi) is 10.1. The van der Waals surface area contributed by atoms with E-state index in [1.807, 2.05) is 0 Å². The largest absolute Gasteiger partial charge is 0.0533 e. The fourth-order valence-electron chi connectivity index (χ4n) is 18.2. The number of hydrogen-bond acceptors (Lipinski definition) is 0. The Labute approximate surface area is 304 Å². The van der Waals surface area contributed by atoms with Gasteiger partial charge in [0, 0.05) is 0 Å². The van der Waals surface area contributed by atoms with Crippen LogP contribution in [-0.4, -0.2) is 0 Å². The Hall–Kier alpha value is 0. The van der Waals surface area contributed by atoms with Crippen LogP contribution >= 0.6 is 0 Å². The molecule has 0 aliphatic heterocycles. The lowest BCUT2D eigenvalue weighted by Crippen LogP contribution is -2.44. The first kappa shape index (κ1) is 33.6. The monoisotopic (exact) mass is 669 g/mol. The van der Waals surface area contributed by atoms with Gasteiger partial charge >= 0.3 is 0 Å². The zero-order chi connectivity index (χ0) is 32.3. The minimum atomic E-state index is 1.11. The van der Waals surface area contributed by atoms with Gasteiger partial charge in [-0.1, -0.05) is 109 Å². The zero-order valence-corrected chi connectivity index (χ0v) is 32.3. The molecule has 276 valence electrons. The van der Waals surface area contributed by atoms with E-state index in [1.54, 1.807) is 199 Å². The third-order valence-electron chi connectivity index (χ3n) is 20.5. The molecule has 0 nitrogen and oxygen atoms in total. The van der Waals surface area contributed by atoms with E-state index in [1.165, 1.54) is 0 Å². The van der Waals surface area contributed by atoms with Crippen molar-refractivity contribution in [1.29, 1.82) is 0 Å². The fourth-order valence-corrected chi connectivity index (χ4v) is 18.2. The number of fused-ring (bicyclic) bond motifs is 6. The zero-order valence-electron chi connectivity index (χ0n) is 32.3. The van der Waals surface area contributed by atoms with Crippen LogP contribution in [0.15, 0.2) is 0 Å². The molecule has 0 heteroatoms. The number of rotatable bonds is 4. The highest BCUT2D eigenvalue weighted by molar-refractivity contribution is 5.05. The lowest BCUT2D eigenvalue weighted by atomic mass is 9.53. The molecule has 0 radical (unpaired) electrons. The molecule has 10 aliphatic carbocycles. The predicted molar refractivity (Wildman–Crippen MR) is 206 cm³/mol. The van der Waals surface area contributed by atoms with Crippen molar-refractivity contribution in [3.63, 3.8) is 0 Å². The Morgan fingerprint density at radius 1 is 0.143 bits per heavy atom. The van der Waals surface area contributed by atoms with Crippen molar-refractivity contribution in [1.82, 2.24) is 0 Å². The van der Waals surface area contributed by atoms with Crippen molar-refractivity contribution in [3.05, 3.63) is 0 Å². The molecule has 0 heterocycles. The second kappa shape index (κ2) is 14.7. The average Bonchev–Trinajstić information content (AvgIpc) is 3.53. The Morgan fingerprint density at radius 3 is 1.04 bits per heavy atom. The van der Waals surface area contributed by atoms with Gasteiger partial charge < -0.3 is 0 Å². The summed E-state index contributed by atoms with van der Waals surface area (Å²) >= 11 is 0. The van der Waals surface area contributed by atoms with Crippen molar-refractivity contribution < 1.29 is 0 Å². The summed E-state index contributed by atoms with van der Waals surface area (Å²) in [5.74, 6) is 20.3. The van der Waals surface area contributed by atoms with Gasteiger partial charge in [-0.3, -0.25) is 0 Å². The van der Waals surface area contributed by atoms with Crippen LogP contribution < -0.4 is 0 Å². The molecule has 0 aromatic rings. The van der Waals surface area contributed by atoms with Gasteiger partial charge in [0.25, 0.3) is 0 Å². The van der Waals surface area contributed by atoms with Crippen LogP contribution in [0.5, 0.6) is 0 Å². The van der Waals surface area contributed by atoms with Gasteiger partial charge in [-0.05, 0) is 196 Å². The molecule has 10 rings (SSSR count). The minimum Gasteiger partial charge on any atom is -0.0533 e. The molecule has 0 aromatic carbocycles. The highest BCUT2D eigenvalue weighted by Crippen LogP contribution is 2.65. The Balaban J connectivity index is 0.921. The standard InChI is InChI=1S/C49H80/c1-2-10-32(11-3-1)41-25-42(39-20-18-33-12-4-6-14-35(33)22-39)27-43(26-41)44-29-46(40-21-19-34-13-5-7-15-36(34)23-40)49-31-45-24-37-16-8-9-17-38(37)28-47(45)48(49)30-44/h32-49H,1-31H2. The minimum absolute atomic E-state index is 1.11.